The zero-order valence-corrected chi connectivity index (χ0v) is 18.8. The van der Waals surface area contributed by atoms with Crippen molar-refractivity contribution in [3.63, 3.8) is 0 Å². The van der Waals surface area contributed by atoms with Crippen molar-refractivity contribution in [2.75, 3.05) is 17.7 Å². The fraction of sp³-hybridized carbons (Fsp3) is 0.273. The van der Waals surface area contributed by atoms with Gasteiger partial charge in [-0.25, -0.2) is 4.79 Å². The van der Waals surface area contributed by atoms with Crippen LogP contribution in [-0.2, 0) is 18.4 Å². The van der Waals surface area contributed by atoms with Crippen LogP contribution in [-0.4, -0.2) is 44.1 Å². The molecule has 0 aliphatic heterocycles. The maximum absolute atomic E-state index is 12.2. The third-order valence-electron chi connectivity index (χ3n) is 4.41. The molecule has 3 rings (SSSR count). The van der Waals surface area contributed by atoms with Crippen molar-refractivity contribution in [2.24, 2.45) is 7.05 Å². The Morgan fingerprint density at radius 1 is 1.12 bits per heavy atom. The molecule has 32 heavy (non-hydrogen) atoms. The molecule has 1 amide bonds. The van der Waals surface area contributed by atoms with E-state index in [2.05, 4.69) is 15.5 Å². The minimum Gasteiger partial charge on any atom is -0.490 e. The number of carbonyl (C=O) groups excluding carboxylic acids is 1. The summed E-state index contributed by atoms with van der Waals surface area (Å²) in [6.45, 7) is 4.63. The van der Waals surface area contributed by atoms with Crippen molar-refractivity contribution in [3.05, 3.63) is 59.4 Å². The Balaban J connectivity index is 1.56. The van der Waals surface area contributed by atoms with Gasteiger partial charge in [0.05, 0.1) is 17.9 Å². The number of nitrogens with one attached hydrogen (secondary N) is 1. The fourth-order valence-corrected chi connectivity index (χ4v) is 3.53. The highest BCUT2D eigenvalue weighted by Gasteiger charge is 2.14. The number of hydrogen-bond acceptors (Lipinski definition) is 7. The number of amides is 1. The van der Waals surface area contributed by atoms with Crippen LogP contribution in [0, 0.1) is 6.92 Å². The number of aromatic carboxylic acids is 1. The summed E-state index contributed by atoms with van der Waals surface area (Å²) >= 11 is 1.22. The van der Waals surface area contributed by atoms with Gasteiger partial charge in [-0.1, -0.05) is 23.9 Å². The standard InChI is InChI=1S/C22H24N4O5S/c1-4-30-18-10-14(2)8-9-17(18)31-12-19-24-25-22(26(19)3)32-13-20(27)23-16-7-5-6-15(11-16)21(28)29/h5-11H,4,12-13H2,1-3H3,(H,23,27)(H,28,29). The van der Waals surface area contributed by atoms with Crippen LogP contribution in [0.5, 0.6) is 11.5 Å². The first-order chi connectivity index (χ1) is 15.4. The average Bonchev–Trinajstić information content (AvgIpc) is 3.11. The molecule has 0 unspecified atom stereocenters. The summed E-state index contributed by atoms with van der Waals surface area (Å²) in [5.74, 6) is 0.662. The van der Waals surface area contributed by atoms with Crippen LogP contribution in [0.4, 0.5) is 5.69 Å². The molecule has 0 aliphatic rings. The molecule has 10 heteroatoms. The van der Waals surface area contributed by atoms with E-state index in [1.807, 2.05) is 32.0 Å². The Hall–Kier alpha value is -3.53. The van der Waals surface area contributed by atoms with Crippen LogP contribution < -0.4 is 14.8 Å². The van der Waals surface area contributed by atoms with Crippen LogP contribution >= 0.6 is 11.8 Å². The van der Waals surface area contributed by atoms with E-state index >= 15 is 0 Å². The molecular formula is C22H24N4O5S. The number of thioether (sulfide) groups is 1. The second kappa shape index (κ2) is 10.7. The molecule has 0 spiro atoms. The predicted molar refractivity (Wildman–Crippen MR) is 120 cm³/mol. The van der Waals surface area contributed by atoms with Crippen LogP contribution in [0.1, 0.15) is 28.7 Å². The van der Waals surface area contributed by atoms with Gasteiger partial charge in [-0.3, -0.25) is 4.79 Å². The molecule has 2 aromatic carbocycles. The monoisotopic (exact) mass is 456 g/mol. The molecule has 9 nitrogen and oxygen atoms in total. The summed E-state index contributed by atoms with van der Waals surface area (Å²) in [6.07, 6.45) is 0. The fourth-order valence-electron chi connectivity index (χ4n) is 2.80. The lowest BCUT2D eigenvalue weighted by molar-refractivity contribution is -0.113. The number of hydrogen-bond donors (Lipinski definition) is 2. The van der Waals surface area contributed by atoms with Gasteiger partial charge < -0.3 is 24.5 Å². The van der Waals surface area contributed by atoms with Gasteiger partial charge in [0.1, 0.15) is 6.61 Å². The number of ether oxygens (including phenoxy) is 2. The number of anilines is 1. The Kier molecular flexibility index (Phi) is 7.72. The third-order valence-corrected chi connectivity index (χ3v) is 5.43. The first kappa shape index (κ1) is 23.1. The topological polar surface area (TPSA) is 116 Å². The Morgan fingerprint density at radius 2 is 1.94 bits per heavy atom. The normalized spacial score (nSPS) is 10.6. The SMILES string of the molecule is CCOc1cc(C)ccc1OCc1nnc(SCC(=O)Nc2cccc(C(=O)O)c2)n1C. The minimum atomic E-state index is -1.05. The molecule has 0 radical (unpaired) electrons. The van der Waals surface area contributed by atoms with E-state index < -0.39 is 5.97 Å². The molecule has 168 valence electrons. The Labute approximate surface area is 189 Å². The van der Waals surface area contributed by atoms with Gasteiger partial charge in [-0.2, -0.15) is 0 Å². The number of carboxylic acids is 1. The maximum atomic E-state index is 12.2. The number of benzene rings is 2. The zero-order chi connectivity index (χ0) is 23.1. The largest absolute Gasteiger partial charge is 0.490 e. The molecular weight excluding hydrogens is 432 g/mol. The van der Waals surface area contributed by atoms with E-state index in [0.29, 0.717) is 34.8 Å². The van der Waals surface area contributed by atoms with Crippen molar-refractivity contribution in [2.45, 2.75) is 25.6 Å². The molecule has 1 aromatic heterocycles. The lowest BCUT2D eigenvalue weighted by Gasteiger charge is -2.12. The first-order valence-electron chi connectivity index (χ1n) is 9.88. The summed E-state index contributed by atoms with van der Waals surface area (Å²) in [6, 6.07) is 11.8. The van der Waals surface area contributed by atoms with Crippen LogP contribution in [0.15, 0.2) is 47.6 Å². The van der Waals surface area contributed by atoms with Gasteiger partial charge >= 0.3 is 5.97 Å². The van der Waals surface area contributed by atoms with Gasteiger partial charge in [0.25, 0.3) is 0 Å². The highest BCUT2D eigenvalue weighted by atomic mass is 32.2. The van der Waals surface area contributed by atoms with Gasteiger partial charge in [-0.05, 0) is 49.7 Å². The van der Waals surface area contributed by atoms with E-state index in [4.69, 9.17) is 14.6 Å². The first-order valence-corrected chi connectivity index (χ1v) is 10.9. The lowest BCUT2D eigenvalue weighted by Crippen LogP contribution is -2.15. The molecule has 0 atom stereocenters. The highest BCUT2D eigenvalue weighted by Crippen LogP contribution is 2.29. The average molecular weight is 457 g/mol. The van der Waals surface area contributed by atoms with Gasteiger partial charge in [0, 0.05) is 12.7 Å². The quantitative estimate of drug-likeness (QED) is 0.445. The van der Waals surface area contributed by atoms with E-state index in [1.54, 1.807) is 23.7 Å². The number of rotatable bonds is 10. The van der Waals surface area contributed by atoms with Gasteiger partial charge in [-0.15, -0.1) is 10.2 Å². The Bertz CT molecular complexity index is 1120. The van der Waals surface area contributed by atoms with E-state index in [-0.39, 0.29) is 23.8 Å². The van der Waals surface area contributed by atoms with Crippen LogP contribution in [0.2, 0.25) is 0 Å². The predicted octanol–water partition coefficient (Wildman–Crippen LogP) is 3.53. The second-order valence-electron chi connectivity index (χ2n) is 6.85. The maximum Gasteiger partial charge on any atom is 0.335 e. The summed E-state index contributed by atoms with van der Waals surface area (Å²) in [7, 11) is 1.80. The smallest absolute Gasteiger partial charge is 0.335 e. The molecule has 0 saturated carbocycles. The Morgan fingerprint density at radius 3 is 2.69 bits per heavy atom. The lowest BCUT2D eigenvalue weighted by atomic mass is 10.2. The highest BCUT2D eigenvalue weighted by molar-refractivity contribution is 7.99. The van der Waals surface area contributed by atoms with Gasteiger partial charge in [0.15, 0.2) is 22.5 Å². The summed E-state index contributed by atoms with van der Waals surface area (Å²) in [5.41, 5.74) is 1.60. The molecule has 0 saturated heterocycles. The second-order valence-corrected chi connectivity index (χ2v) is 7.80. The van der Waals surface area contributed by atoms with E-state index in [1.165, 1.54) is 23.9 Å². The van der Waals surface area contributed by atoms with E-state index in [9.17, 15) is 9.59 Å². The molecule has 0 aliphatic carbocycles. The zero-order valence-electron chi connectivity index (χ0n) is 18.0. The molecule has 3 aromatic rings. The number of nitrogens with zero attached hydrogens (tertiary/aromatic N) is 3. The summed E-state index contributed by atoms with van der Waals surface area (Å²) < 4.78 is 13.3. The number of carboxylic acid groups (broad SMARTS) is 1. The van der Waals surface area contributed by atoms with Crippen LogP contribution in [0.25, 0.3) is 0 Å². The van der Waals surface area contributed by atoms with E-state index in [0.717, 1.165) is 5.56 Å². The number of aryl methyl sites for hydroxylation is 1. The molecule has 0 fully saturated rings. The minimum absolute atomic E-state index is 0.0938. The van der Waals surface area contributed by atoms with Crippen LogP contribution in [0.3, 0.4) is 0 Å². The van der Waals surface area contributed by atoms with Crippen molar-refractivity contribution in [1.29, 1.82) is 0 Å². The molecule has 2 N–H and O–H groups in total. The molecule has 1 heterocycles. The summed E-state index contributed by atoms with van der Waals surface area (Å²) in [5, 5.41) is 20.6. The van der Waals surface area contributed by atoms with Crippen molar-refractivity contribution in [1.82, 2.24) is 14.8 Å². The summed E-state index contributed by atoms with van der Waals surface area (Å²) in [4.78, 5) is 23.3. The number of carbonyl (C=O) groups is 2. The van der Waals surface area contributed by atoms with Crippen molar-refractivity contribution < 1.29 is 24.2 Å². The van der Waals surface area contributed by atoms with Crippen molar-refractivity contribution >= 4 is 29.3 Å². The number of aromatic nitrogens is 3. The third kappa shape index (κ3) is 6.01. The van der Waals surface area contributed by atoms with Crippen molar-refractivity contribution in [3.8, 4) is 11.5 Å². The molecule has 0 bridgehead atoms. The van der Waals surface area contributed by atoms with Gasteiger partial charge in [0.2, 0.25) is 5.91 Å².